The van der Waals surface area contributed by atoms with Crippen molar-refractivity contribution in [2.24, 2.45) is 16.6 Å². The number of amides is 1. The summed E-state index contributed by atoms with van der Waals surface area (Å²) in [5.41, 5.74) is 6.54. The maximum absolute atomic E-state index is 11.4. The Bertz CT molecular complexity index is 692. The van der Waals surface area contributed by atoms with Crippen LogP contribution in [0.4, 0.5) is 5.82 Å². The Hall–Kier alpha value is -1.84. The van der Waals surface area contributed by atoms with Crippen molar-refractivity contribution in [2.75, 3.05) is 24.5 Å². The number of anilines is 1. The Morgan fingerprint density at radius 1 is 1.32 bits per heavy atom. The van der Waals surface area contributed by atoms with Gasteiger partial charge in [0.25, 0.3) is 0 Å². The van der Waals surface area contributed by atoms with E-state index in [9.17, 15) is 4.79 Å². The summed E-state index contributed by atoms with van der Waals surface area (Å²) in [6.07, 6.45) is 9.87. The molecule has 1 aliphatic carbocycles. The minimum atomic E-state index is -0.191. The lowest BCUT2D eigenvalue weighted by Crippen LogP contribution is -2.42. The fourth-order valence-corrected chi connectivity index (χ4v) is 3.63. The molecule has 0 spiro atoms. The highest BCUT2D eigenvalue weighted by Crippen LogP contribution is 2.25. The van der Waals surface area contributed by atoms with Gasteiger partial charge in [-0.1, -0.05) is 18.2 Å². The maximum Gasteiger partial charge on any atom is 0.220 e. The molecule has 0 radical (unpaired) electrons. The first kappa shape index (κ1) is 22.4. The van der Waals surface area contributed by atoms with Crippen LogP contribution >= 0.6 is 24.0 Å². The van der Waals surface area contributed by atoms with Crippen LogP contribution in [0, 0.1) is 5.92 Å². The average molecular weight is 498 g/mol. The fraction of sp³-hybridized carbons (Fsp3) is 0.550. The second kappa shape index (κ2) is 11.2. The highest BCUT2D eigenvalue weighted by molar-refractivity contribution is 14.0. The number of guanidine groups is 1. The molecule has 0 aromatic carbocycles. The predicted octanol–water partition coefficient (Wildman–Crippen LogP) is 2.18. The molecule has 1 amide bonds. The summed E-state index contributed by atoms with van der Waals surface area (Å²) in [7, 11) is 0. The number of aromatic nitrogens is 1. The van der Waals surface area contributed by atoms with Crippen LogP contribution in [0.5, 0.6) is 0 Å². The van der Waals surface area contributed by atoms with E-state index >= 15 is 0 Å². The van der Waals surface area contributed by atoms with E-state index in [0.29, 0.717) is 12.6 Å². The van der Waals surface area contributed by atoms with Crippen LogP contribution in [-0.2, 0) is 11.3 Å². The van der Waals surface area contributed by atoms with Gasteiger partial charge in [0.2, 0.25) is 5.91 Å². The molecule has 1 fully saturated rings. The van der Waals surface area contributed by atoms with Gasteiger partial charge in [0.15, 0.2) is 5.96 Å². The lowest BCUT2D eigenvalue weighted by molar-refractivity contribution is -0.122. The molecule has 2 heterocycles. The van der Waals surface area contributed by atoms with Crippen molar-refractivity contribution in [3.05, 3.63) is 36.0 Å². The first-order chi connectivity index (χ1) is 13.2. The Morgan fingerprint density at radius 2 is 2.04 bits per heavy atom. The molecule has 0 atom stereocenters. The summed E-state index contributed by atoms with van der Waals surface area (Å²) < 4.78 is 0. The number of nitrogens with two attached hydrogens (primary N) is 1. The Kier molecular flexibility index (Phi) is 9.01. The molecule has 0 bridgehead atoms. The Morgan fingerprint density at radius 3 is 2.68 bits per heavy atom. The van der Waals surface area contributed by atoms with Crippen LogP contribution in [0.2, 0.25) is 0 Å². The van der Waals surface area contributed by atoms with E-state index in [1.165, 1.54) is 0 Å². The summed E-state index contributed by atoms with van der Waals surface area (Å²) in [4.78, 5) is 23.0. The third-order valence-corrected chi connectivity index (χ3v) is 5.16. The molecule has 0 saturated carbocycles. The number of carbonyl (C=O) groups excluding carboxylic acids is 1. The van der Waals surface area contributed by atoms with E-state index < -0.39 is 0 Å². The van der Waals surface area contributed by atoms with Crippen LogP contribution in [0.3, 0.4) is 0 Å². The molecular weight excluding hydrogens is 467 g/mol. The molecule has 154 valence electrons. The van der Waals surface area contributed by atoms with Crippen LogP contribution in [0.15, 0.2) is 35.5 Å². The normalized spacial score (nSPS) is 18.0. The lowest BCUT2D eigenvalue weighted by atomic mass is 9.96. The number of pyridine rings is 1. The van der Waals surface area contributed by atoms with Crippen molar-refractivity contribution in [3.8, 4) is 0 Å². The smallest absolute Gasteiger partial charge is 0.220 e. The Labute approximate surface area is 184 Å². The third kappa shape index (κ3) is 6.08. The van der Waals surface area contributed by atoms with E-state index in [1.807, 2.05) is 12.3 Å². The number of halogens is 1. The molecule has 0 unspecified atom stereocenters. The number of hydrogen-bond acceptors (Lipinski definition) is 4. The molecule has 8 heteroatoms. The molecule has 7 nitrogen and oxygen atoms in total. The number of primary amides is 1. The van der Waals surface area contributed by atoms with Gasteiger partial charge in [0, 0.05) is 43.4 Å². The lowest BCUT2D eigenvalue weighted by Gasteiger charge is -2.32. The SMILES string of the molecule is CCNC(=NCc1cccnc1N1CCC(C(N)=O)CC1)NC1CC=CC1.I. The first-order valence-corrected chi connectivity index (χ1v) is 9.85. The Balaban J connectivity index is 0.00000280. The highest BCUT2D eigenvalue weighted by Gasteiger charge is 2.25. The van der Waals surface area contributed by atoms with Gasteiger partial charge in [-0.25, -0.2) is 9.98 Å². The van der Waals surface area contributed by atoms with Crippen molar-refractivity contribution in [2.45, 2.75) is 45.2 Å². The fourth-order valence-electron chi connectivity index (χ4n) is 3.63. The zero-order valence-electron chi connectivity index (χ0n) is 16.4. The summed E-state index contributed by atoms with van der Waals surface area (Å²) in [6.45, 7) is 5.06. The van der Waals surface area contributed by atoms with Crippen LogP contribution in [0.25, 0.3) is 0 Å². The van der Waals surface area contributed by atoms with E-state index in [1.54, 1.807) is 0 Å². The molecule has 3 rings (SSSR count). The minimum Gasteiger partial charge on any atom is -0.369 e. The molecule has 1 aromatic rings. The number of carbonyl (C=O) groups is 1. The summed E-state index contributed by atoms with van der Waals surface area (Å²) in [6, 6.07) is 4.45. The van der Waals surface area contributed by atoms with Crippen molar-refractivity contribution in [1.29, 1.82) is 0 Å². The minimum absolute atomic E-state index is 0. The van der Waals surface area contributed by atoms with Crippen LogP contribution in [-0.4, -0.2) is 42.5 Å². The second-order valence-corrected chi connectivity index (χ2v) is 7.13. The van der Waals surface area contributed by atoms with Gasteiger partial charge < -0.3 is 21.3 Å². The van der Waals surface area contributed by atoms with Gasteiger partial charge in [0.05, 0.1) is 6.54 Å². The highest BCUT2D eigenvalue weighted by atomic mass is 127. The first-order valence-electron chi connectivity index (χ1n) is 9.85. The van der Waals surface area contributed by atoms with Crippen LogP contribution < -0.4 is 21.3 Å². The topological polar surface area (TPSA) is 95.6 Å². The molecule has 2 aliphatic rings. The number of nitrogens with one attached hydrogen (secondary N) is 2. The van der Waals surface area contributed by atoms with E-state index in [4.69, 9.17) is 10.7 Å². The van der Waals surface area contributed by atoms with Crippen molar-refractivity contribution in [1.82, 2.24) is 15.6 Å². The maximum atomic E-state index is 11.4. The number of nitrogens with zero attached hydrogens (tertiary/aromatic N) is 3. The number of rotatable bonds is 6. The summed E-state index contributed by atoms with van der Waals surface area (Å²) in [5, 5.41) is 6.82. The zero-order valence-corrected chi connectivity index (χ0v) is 18.8. The molecule has 4 N–H and O–H groups in total. The number of aliphatic imine (C=N–C) groups is 1. The average Bonchev–Trinajstić information content (AvgIpc) is 3.20. The van der Waals surface area contributed by atoms with E-state index in [0.717, 1.165) is 62.7 Å². The van der Waals surface area contributed by atoms with E-state index in [-0.39, 0.29) is 35.8 Å². The second-order valence-electron chi connectivity index (χ2n) is 7.13. The van der Waals surface area contributed by atoms with Crippen LogP contribution in [0.1, 0.15) is 38.2 Å². The monoisotopic (exact) mass is 498 g/mol. The van der Waals surface area contributed by atoms with Crippen molar-refractivity contribution in [3.63, 3.8) is 0 Å². The third-order valence-electron chi connectivity index (χ3n) is 5.16. The van der Waals surface area contributed by atoms with Gasteiger partial charge in [-0.2, -0.15) is 0 Å². The van der Waals surface area contributed by atoms with Crippen molar-refractivity contribution >= 4 is 41.7 Å². The largest absolute Gasteiger partial charge is 0.369 e. The number of piperidine rings is 1. The van der Waals surface area contributed by atoms with Crippen molar-refractivity contribution < 1.29 is 4.79 Å². The summed E-state index contributed by atoms with van der Waals surface area (Å²) >= 11 is 0. The van der Waals surface area contributed by atoms with E-state index in [2.05, 4.69) is 45.7 Å². The molecule has 1 saturated heterocycles. The van der Waals surface area contributed by atoms with Gasteiger partial charge in [-0.3, -0.25) is 4.79 Å². The number of hydrogen-bond donors (Lipinski definition) is 3. The van der Waals surface area contributed by atoms with Gasteiger partial charge >= 0.3 is 0 Å². The standard InChI is InChI=1S/C20H30N6O.HI/c1-2-22-20(25-17-7-3-4-8-17)24-14-16-6-5-11-23-19(16)26-12-9-15(10-13-26)18(21)27;/h3-6,11,15,17H,2,7-10,12-14H2,1H3,(H2,21,27)(H2,22,24,25);1H. The predicted molar refractivity (Wildman–Crippen MR) is 124 cm³/mol. The quantitative estimate of drug-likeness (QED) is 0.242. The van der Waals surface area contributed by atoms with Gasteiger partial charge in [-0.05, 0) is 38.7 Å². The molecule has 28 heavy (non-hydrogen) atoms. The summed E-state index contributed by atoms with van der Waals surface area (Å²) in [5.74, 6) is 1.59. The molecule has 1 aromatic heterocycles. The molecule has 1 aliphatic heterocycles. The van der Waals surface area contributed by atoms with Gasteiger partial charge in [-0.15, -0.1) is 24.0 Å². The van der Waals surface area contributed by atoms with Gasteiger partial charge in [0.1, 0.15) is 5.82 Å². The molecular formula is C20H31IN6O. The zero-order chi connectivity index (χ0) is 19.1.